The van der Waals surface area contributed by atoms with E-state index in [2.05, 4.69) is 0 Å². The fraction of sp³-hybridized carbons (Fsp3) is 0.417. The molecule has 4 nitrogen and oxygen atoms in total. The maximum atomic E-state index is 7.35. The van der Waals surface area contributed by atoms with E-state index in [9.17, 15) is 0 Å². The highest BCUT2D eigenvalue weighted by molar-refractivity contribution is 5.95. The molecular formula is C12H18N2O2. The second-order valence-corrected chi connectivity index (χ2v) is 3.59. The van der Waals surface area contributed by atoms with Gasteiger partial charge in [0.2, 0.25) is 0 Å². The maximum Gasteiger partial charge on any atom is 0.122 e. The van der Waals surface area contributed by atoms with Crippen LogP contribution in [0.2, 0.25) is 0 Å². The SMILES string of the molecule is COCCCOc1cc(C(=N)N)ccc1C. The number of aryl methyl sites for hydroxylation is 1. The molecular weight excluding hydrogens is 204 g/mol. The van der Waals surface area contributed by atoms with Gasteiger partial charge < -0.3 is 15.2 Å². The highest BCUT2D eigenvalue weighted by atomic mass is 16.5. The number of ether oxygens (including phenoxy) is 2. The number of nitrogens with two attached hydrogens (primary N) is 1. The van der Waals surface area contributed by atoms with Crippen LogP contribution < -0.4 is 10.5 Å². The highest BCUT2D eigenvalue weighted by Crippen LogP contribution is 2.19. The highest BCUT2D eigenvalue weighted by Gasteiger charge is 2.03. The first-order valence-corrected chi connectivity index (χ1v) is 5.22. The van der Waals surface area contributed by atoms with E-state index in [0.717, 1.165) is 17.7 Å². The van der Waals surface area contributed by atoms with Crippen molar-refractivity contribution in [3.8, 4) is 5.75 Å². The van der Waals surface area contributed by atoms with Gasteiger partial charge in [0.05, 0.1) is 6.61 Å². The Balaban J connectivity index is 2.63. The molecule has 1 rings (SSSR count). The van der Waals surface area contributed by atoms with Crippen LogP contribution in [0.4, 0.5) is 0 Å². The number of amidine groups is 1. The Morgan fingerprint density at radius 2 is 2.12 bits per heavy atom. The number of rotatable bonds is 6. The quantitative estimate of drug-likeness (QED) is 0.437. The zero-order valence-electron chi connectivity index (χ0n) is 9.75. The summed E-state index contributed by atoms with van der Waals surface area (Å²) in [4.78, 5) is 0. The van der Waals surface area contributed by atoms with Crippen molar-refractivity contribution in [1.82, 2.24) is 0 Å². The van der Waals surface area contributed by atoms with E-state index in [1.54, 1.807) is 13.2 Å². The molecule has 0 spiro atoms. The molecule has 0 amide bonds. The van der Waals surface area contributed by atoms with Crippen LogP contribution in [0.3, 0.4) is 0 Å². The number of benzene rings is 1. The summed E-state index contributed by atoms with van der Waals surface area (Å²) in [6.45, 7) is 3.26. The van der Waals surface area contributed by atoms with Crippen molar-refractivity contribution in [2.24, 2.45) is 5.73 Å². The second kappa shape index (κ2) is 6.12. The van der Waals surface area contributed by atoms with Gasteiger partial charge in [0.25, 0.3) is 0 Å². The van der Waals surface area contributed by atoms with E-state index >= 15 is 0 Å². The standard InChI is InChI=1S/C12H18N2O2/c1-9-4-5-10(12(13)14)8-11(9)16-7-3-6-15-2/h4-5,8H,3,6-7H2,1-2H3,(H3,13,14). The summed E-state index contributed by atoms with van der Waals surface area (Å²) >= 11 is 0. The molecule has 88 valence electrons. The fourth-order valence-corrected chi connectivity index (χ4v) is 1.31. The first-order chi connectivity index (χ1) is 7.65. The van der Waals surface area contributed by atoms with Gasteiger partial charge in [0.15, 0.2) is 0 Å². The molecule has 16 heavy (non-hydrogen) atoms. The zero-order valence-corrected chi connectivity index (χ0v) is 9.75. The van der Waals surface area contributed by atoms with E-state index in [-0.39, 0.29) is 5.84 Å². The largest absolute Gasteiger partial charge is 0.493 e. The molecule has 0 saturated carbocycles. The number of hydrogen-bond acceptors (Lipinski definition) is 3. The molecule has 0 aliphatic rings. The van der Waals surface area contributed by atoms with Crippen LogP contribution in [-0.2, 0) is 4.74 Å². The number of nitrogen functional groups attached to an aromatic ring is 1. The minimum atomic E-state index is 0.0572. The van der Waals surface area contributed by atoms with Gasteiger partial charge in [-0.15, -0.1) is 0 Å². The lowest BCUT2D eigenvalue weighted by Gasteiger charge is -2.10. The fourth-order valence-electron chi connectivity index (χ4n) is 1.31. The van der Waals surface area contributed by atoms with Crippen molar-refractivity contribution >= 4 is 5.84 Å². The van der Waals surface area contributed by atoms with Crippen LogP contribution in [-0.4, -0.2) is 26.2 Å². The van der Waals surface area contributed by atoms with Crippen molar-refractivity contribution in [3.63, 3.8) is 0 Å². The molecule has 0 aliphatic heterocycles. The average molecular weight is 222 g/mol. The second-order valence-electron chi connectivity index (χ2n) is 3.59. The number of hydrogen-bond donors (Lipinski definition) is 2. The van der Waals surface area contributed by atoms with Crippen LogP contribution in [0.1, 0.15) is 17.5 Å². The van der Waals surface area contributed by atoms with Crippen LogP contribution in [0.15, 0.2) is 18.2 Å². The smallest absolute Gasteiger partial charge is 0.122 e. The molecule has 0 aromatic heterocycles. The summed E-state index contributed by atoms with van der Waals surface area (Å²) in [5.74, 6) is 0.838. The molecule has 0 atom stereocenters. The molecule has 3 N–H and O–H groups in total. The third-order valence-corrected chi connectivity index (χ3v) is 2.25. The van der Waals surface area contributed by atoms with Gasteiger partial charge in [-0.2, -0.15) is 0 Å². The van der Waals surface area contributed by atoms with E-state index in [4.69, 9.17) is 20.6 Å². The molecule has 1 aromatic carbocycles. The van der Waals surface area contributed by atoms with Crippen LogP contribution in [0.5, 0.6) is 5.75 Å². The summed E-state index contributed by atoms with van der Waals surface area (Å²) in [6, 6.07) is 5.52. The topological polar surface area (TPSA) is 68.3 Å². The minimum Gasteiger partial charge on any atom is -0.493 e. The zero-order chi connectivity index (χ0) is 12.0. The van der Waals surface area contributed by atoms with Gasteiger partial charge in [0, 0.05) is 25.7 Å². The van der Waals surface area contributed by atoms with Gasteiger partial charge in [0.1, 0.15) is 11.6 Å². The lowest BCUT2D eigenvalue weighted by atomic mass is 10.1. The summed E-state index contributed by atoms with van der Waals surface area (Å²) < 4.78 is 10.5. The third-order valence-electron chi connectivity index (χ3n) is 2.25. The Kier molecular flexibility index (Phi) is 4.79. The Bertz CT molecular complexity index is 364. The normalized spacial score (nSPS) is 10.1. The summed E-state index contributed by atoms with van der Waals surface area (Å²) in [7, 11) is 1.67. The monoisotopic (exact) mass is 222 g/mol. The van der Waals surface area contributed by atoms with Crippen molar-refractivity contribution in [3.05, 3.63) is 29.3 Å². The first kappa shape index (κ1) is 12.5. The Labute approximate surface area is 95.9 Å². The summed E-state index contributed by atoms with van der Waals surface area (Å²) in [6.07, 6.45) is 0.847. The van der Waals surface area contributed by atoms with Gasteiger partial charge in [-0.3, -0.25) is 5.41 Å². The van der Waals surface area contributed by atoms with Crippen LogP contribution >= 0.6 is 0 Å². The lowest BCUT2D eigenvalue weighted by Crippen LogP contribution is -2.11. The molecule has 0 saturated heterocycles. The predicted molar refractivity (Wildman–Crippen MR) is 64.2 cm³/mol. The molecule has 1 aromatic rings. The minimum absolute atomic E-state index is 0.0572. The number of nitrogens with one attached hydrogen (secondary N) is 1. The van der Waals surface area contributed by atoms with Gasteiger partial charge in [-0.05, 0) is 18.6 Å². The molecule has 0 radical (unpaired) electrons. The first-order valence-electron chi connectivity index (χ1n) is 5.22. The third kappa shape index (κ3) is 3.55. The summed E-state index contributed by atoms with van der Waals surface area (Å²) in [5, 5.41) is 7.35. The Morgan fingerprint density at radius 3 is 2.75 bits per heavy atom. The number of methoxy groups -OCH3 is 1. The molecule has 0 aliphatic carbocycles. The van der Waals surface area contributed by atoms with Crippen LogP contribution in [0.25, 0.3) is 0 Å². The molecule has 0 heterocycles. The van der Waals surface area contributed by atoms with Crippen molar-refractivity contribution in [2.45, 2.75) is 13.3 Å². The van der Waals surface area contributed by atoms with Gasteiger partial charge in [-0.25, -0.2) is 0 Å². The Morgan fingerprint density at radius 1 is 1.38 bits per heavy atom. The van der Waals surface area contributed by atoms with E-state index < -0.39 is 0 Å². The molecule has 4 heteroatoms. The van der Waals surface area contributed by atoms with E-state index in [1.165, 1.54) is 0 Å². The maximum absolute atomic E-state index is 7.35. The van der Waals surface area contributed by atoms with Gasteiger partial charge in [-0.1, -0.05) is 12.1 Å². The predicted octanol–water partition coefficient (Wildman–Crippen LogP) is 1.69. The Hall–Kier alpha value is -1.55. The van der Waals surface area contributed by atoms with Crippen molar-refractivity contribution in [1.29, 1.82) is 5.41 Å². The van der Waals surface area contributed by atoms with E-state index in [0.29, 0.717) is 18.8 Å². The molecule has 0 bridgehead atoms. The van der Waals surface area contributed by atoms with Crippen molar-refractivity contribution in [2.75, 3.05) is 20.3 Å². The van der Waals surface area contributed by atoms with E-state index in [1.807, 2.05) is 19.1 Å². The van der Waals surface area contributed by atoms with Crippen LogP contribution in [0, 0.1) is 12.3 Å². The lowest BCUT2D eigenvalue weighted by molar-refractivity contribution is 0.172. The van der Waals surface area contributed by atoms with Crippen molar-refractivity contribution < 1.29 is 9.47 Å². The average Bonchev–Trinajstić information content (AvgIpc) is 2.26. The van der Waals surface area contributed by atoms with Gasteiger partial charge >= 0.3 is 0 Å². The molecule has 0 fully saturated rings. The summed E-state index contributed by atoms with van der Waals surface area (Å²) in [5.41, 5.74) is 7.15. The molecule has 0 unspecified atom stereocenters.